The lowest BCUT2D eigenvalue weighted by Gasteiger charge is -2.07. The van der Waals surface area contributed by atoms with Crippen LogP contribution in [-0.2, 0) is 4.79 Å². The SMILES string of the molecule is O=C(C[C@H](O)C(=O)O)c1cccc(O)c1Br. The van der Waals surface area contributed by atoms with Gasteiger partial charge in [0.05, 0.1) is 4.47 Å². The number of rotatable bonds is 4. The second kappa shape index (κ2) is 5.09. The topological polar surface area (TPSA) is 94.8 Å². The number of carboxylic acid groups (broad SMARTS) is 1. The summed E-state index contributed by atoms with van der Waals surface area (Å²) >= 11 is 3.01. The van der Waals surface area contributed by atoms with Crippen LogP contribution in [0, 0.1) is 0 Å². The Balaban J connectivity index is 2.89. The van der Waals surface area contributed by atoms with Crippen LogP contribution in [0.2, 0.25) is 0 Å². The molecule has 1 atom stereocenters. The molecular weight excluding hydrogens is 280 g/mol. The average Bonchev–Trinajstić information content (AvgIpc) is 2.21. The molecule has 16 heavy (non-hydrogen) atoms. The largest absolute Gasteiger partial charge is 0.507 e. The predicted octanol–water partition coefficient (Wildman–Crippen LogP) is 1.17. The van der Waals surface area contributed by atoms with Gasteiger partial charge in [-0.05, 0) is 28.1 Å². The van der Waals surface area contributed by atoms with Crippen molar-refractivity contribution in [1.82, 2.24) is 0 Å². The van der Waals surface area contributed by atoms with Crippen molar-refractivity contribution in [2.75, 3.05) is 0 Å². The van der Waals surface area contributed by atoms with Crippen molar-refractivity contribution >= 4 is 27.7 Å². The first kappa shape index (κ1) is 12.7. The normalized spacial score (nSPS) is 12.1. The van der Waals surface area contributed by atoms with Crippen molar-refractivity contribution in [2.24, 2.45) is 0 Å². The zero-order valence-corrected chi connectivity index (χ0v) is 9.64. The lowest BCUT2D eigenvalue weighted by Crippen LogP contribution is -2.23. The Hall–Kier alpha value is -1.40. The number of halogens is 1. The van der Waals surface area contributed by atoms with Crippen LogP contribution in [0.5, 0.6) is 5.75 Å². The molecule has 0 amide bonds. The molecule has 0 aliphatic heterocycles. The number of carboxylic acids is 1. The second-order valence-electron chi connectivity index (χ2n) is 3.12. The van der Waals surface area contributed by atoms with Crippen LogP contribution in [0.1, 0.15) is 16.8 Å². The highest BCUT2D eigenvalue weighted by atomic mass is 79.9. The molecule has 0 aromatic heterocycles. The Labute approximate surface area is 99.5 Å². The predicted molar refractivity (Wildman–Crippen MR) is 58.4 cm³/mol. The number of aromatic hydroxyl groups is 1. The highest BCUT2D eigenvalue weighted by Gasteiger charge is 2.21. The molecule has 0 radical (unpaired) electrons. The first-order chi connectivity index (χ1) is 7.43. The molecule has 0 aliphatic carbocycles. The number of ketones is 1. The minimum atomic E-state index is -1.73. The van der Waals surface area contributed by atoms with Gasteiger partial charge in [0.25, 0.3) is 0 Å². The van der Waals surface area contributed by atoms with Gasteiger partial charge in [0.1, 0.15) is 5.75 Å². The maximum Gasteiger partial charge on any atom is 0.332 e. The van der Waals surface area contributed by atoms with Crippen molar-refractivity contribution in [3.63, 3.8) is 0 Å². The standard InChI is InChI=1S/C10H9BrO5/c11-9-5(2-1-3-6(9)12)7(13)4-8(14)10(15)16/h1-3,8,12,14H,4H2,(H,15,16)/t8-/m0/s1. The second-order valence-corrected chi connectivity index (χ2v) is 3.91. The number of hydrogen-bond donors (Lipinski definition) is 3. The van der Waals surface area contributed by atoms with Gasteiger partial charge < -0.3 is 15.3 Å². The third-order valence-electron chi connectivity index (χ3n) is 1.94. The summed E-state index contributed by atoms with van der Waals surface area (Å²) in [5, 5.41) is 26.8. The smallest absolute Gasteiger partial charge is 0.332 e. The van der Waals surface area contributed by atoms with Gasteiger partial charge in [-0.15, -0.1) is 0 Å². The molecule has 6 heteroatoms. The lowest BCUT2D eigenvalue weighted by atomic mass is 10.1. The number of aliphatic hydroxyl groups is 1. The molecule has 1 rings (SSSR count). The fourth-order valence-corrected chi connectivity index (χ4v) is 1.59. The summed E-state index contributed by atoms with van der Waals surface area (Å²) in [6.45, 7) is 0. The van der Waals surface area contributed by atoms with E-state index >= 15 is 0 Å². The van der Waals surface area contributed by atoms with E-state index in [1.165, 1.54) is 18.2 Å². The molecule has 3 N–H and O–H groups in total. The van der Waals surface area contributed by atoms with E-state index in [-0.39, 0.29) is 15.8 Å². The molecular formula is C10H9BrO5. The monoisotopic (exact) mass is 288 g/mol. The molecule has 0 saturated carbocycles. The van der Waals surface area contributed by atoms with Gasteiger partial charge >= 0.3 is 5.97 Å². The fourth-order valence-electron chi connectivity index (χ4n) is 1.11. The summed E-state index contributed by atoms with van der Waals surface area (Å²) in [6, 6.07) is 4.27. The van der Waals surface area contributed by atoms with E-state index in [1.54, 1.807) is 0 Å². The Kier molecular flexibility index (Phi) is 4.03. The summed E-state index contributed by atoms with van der Waals surface area (Å²) in [5.41, 5.74) is 0.139. The maximum absolute atomic E-state index is 11.6. The van der Waals surface area contributed by atoms with Crippen molar-refractivity contribution in [1.29, 1.82) is 0 Å². The summed E-state index contributed by atoms with van der Waals surface area (Å²) < 4.78 is 0.192. The van der Waals surface area contributed by atoms with Crippen molar-refractivity contribution < 1.29 is 24.9 Å². The Bertz CT molecular complexity index is 429. The van der Waals surface area contributed by atoms with Gasteiger partial charge in [0, 0.05) is 12.0 Å². The van der Waals surface area contributed by atoms with E-state index in [4.69, 9.17) is 10.2 Å². The molecule has 5 nitrogen and oxygen atoms in total. The van der Waals surface area contributed by atoms with Crippen LogP contribution in [-0.4, -0.2) is 33.2 Å². The van der Waals surface area contributed by atoms with Crippen molar-refractivity contribution in [2.45, 2.75) is 12.5 Å². The van der Waals surface area contributed by atoms with Crippen molar-refractivity contribution in [3.05, 3.63) is 28.2 Å². The molecule has 86 valence electrons. The number of hydrogen-bond acceptors (Lipinski definition) is 4. The van der Waals surface area contributed by atoms with Crippen LogP contribution in [0.4, 0.5) is 0 Å². The Morgan fingerprint density at radius 3 is 2.56 bits per heavy atom. The van der Waals surface area contributed by atoms with Crippen LogP contribution in [0.15, 0.2) is 22.7 Å². The van der Waals surface area contributed by atoms with Gasteiger partial charge in [0.2, 0.25) is 0 Å². The number of phenols is 1. The van der Waals surface area contributed by atoms with Crippen molar-refractivity contribution in [3.8, 4) is 5.75 Å². The fraction of sp³-hybridized carbons (Fsp3) is 0.200. The van der Waals surface area contributed by atoms with Crippen LogP contribution in [0.3, 0.4) is 0 Å². The van der Waals surface area contributed by atoms with Crippen LogP contribution in [0.25, 0.3) is 0 Å². The van der Waals surface area contributed by atoms with E-state index < -0.39 is 24.3 Å². The van der Waals surface area contributed by atoms with Gasteiger partial charge in [-0.1, -0.05) is 6.07 Å². The highest BCUT2D eigenvalue weighted by molar-refractivity contribution is 9.10. The first-order valence-corrected chi connectivity index (χ1v) is 5.14. The third-order valence-corrected chi connectivity index (χ3v) is 2.78. The number of aliphatic hydroxyl groups excluding tert-OH is 1. The number of carbonyl (C=O) groups is 2. The quantitative estimate of drug-likeness (QED) is 0.723. The van der Waals surface area contributed by atoms with Gasteiger partial charge in [-0.25, -0.2) is 4.79 Å². The first-order valence-electron chi connectivity index (χ1n) is 4.35. The molecule has 1 aromatic rings. The minimum Gasteiger partial charge on any atom is -0.507 e. The zero-order valence-electron chi connectivity index (χ0n) is 8.05. The minimum absolute atomic E-state index is 0.115. The van der Waals surface area contributed by atoms with Gasteiger partial charge in [0.15, 0.2) is 11.9 Å². The van der Waals surface area contributed by atoms with E-state index in [0.717, 1.165) is 0 Å². The molecule has 1 aromatic carbocycles. The van der Waals surface area contributed by atoms with Gasteiger partial charge in [-0.2, -0.15) is 0 Å². The van der Waals surface area contributed by atoms with E-state index in [1.807, 2.05) is 0 Å². The van der Waals surface area contributed by atoms with E-state index in [2.05, 4.69) is 15.9 Å². The number of aliphatic carboxylic acids is 1. The van der Waals surface area contributed by atoms with E-state index in [0.29, 0.717) is 0 Å². The average molecular weight is 289 g/mol. The number of carbonyl (C=O) groups excluding carboxylic acids is 1. The third kappa shape index (κ3) is 2.80. The number of Topliss-reactive ketones (excluding diaryl/α,β-unsaturated/α-hetero) is 1. The molecule has 0 bridgehead atoms. The highest BCUT2D eigenvalue weighted by Crippen LogP contribution is 2.28. The molecule has 0 saturated heterocycles. The summed E-state index contributed by atoms with van der Waals surface area (Å²) in [5.74, 6) is -2.13. The molecule has 0 aliphatic rings. The molecule has 0 spiro atoms. The van der Waals surface area contributed by atoms with Gasteiger partial charge in [-0.3, -0.25) is 4.79 Å². The molecule has 0 unspecified atom stereocenters. The van der Waals surface area contributed by atoms with E-state index in [9.17, 15) is 14.7 Å². The Morgan fingerprint density at radius 2 is 2.00 bits per heavy atom. The molecule has 0 heterocycles. The molecule has 0 fully saturated rings. The van der Waals surface area contributed by atoms with Crippen LogP contribution < -0.4 is 0 Å². The zero-order chi connectivity index (χ0) is 12.3. The summed E-state index contributed by atoms with van der Waals surface area (Å²) in [6.07, 6.45) is -2.26. The summed E-state index contributed by atoms with van der Waals surface area (Å²) in [7, 11) is 0. The lowest BCUT2D eigenvalue weighted by molar-refractivity contribution is -0.146. The summed E-state index contributed by atoms with van der Waals surface area (Å²) in [4.78, 5) is 21.9. The number of phenolic OH excluding ortho intramolecular Hbond substituents is 1. The number of benzene rings is 1. The Morgan fingerprint density at radius 1 is 1.38 bits per heavy atom. The van der Waals surface area contributed by atoms with Crippen LogP contribution >= 0.6 is 15.9 Å². The maximum atomic E-state index is 11.6.